The molecule has 0 saturated carbocycles. The smallest absolute Gasteiger partial charge is 0.292 e. The molecule has 1 aromatic heterocycles. The molecule has 132 valence electrons. The Morgan fingerprint density at radius 3 is 2.65 bits per heavy atom. The van der Waals surface area contributed by atoms with Crippen LogP contribution in [0.5, 0.6) is 0 Å². The summed E-state index contributed by atoms with van der Waals surface area (Å²) in [5.74, 6) is -0.899. The first-order chi connectivity index (χ1) is 12.6. The van der Waals surface area contributed by atoms with E-state index in [1.807, 2.05) is 0 Å². The number of carbonyl (C=O) groups is 1. The third-order valence-corrected chi connectivity index (χ3v) is 4.64. The Morgan fingerprint density at radius 2 is 1.88 bits per heavy atom. The second-order valence-electron chi connectivity index (χ2n) is 6.26. The lowest BCUT2D eigenvalue weighted by Crippen LogP contribution is -2.30. The average Bonchev–Trinajstić information content (AvgIpc) is 3.32. The lowest BCUT2D eigenvalue weighted by atomic mass is 10.0. The van der Waals surface area contributed by atoms with Gasteiger partial charge in [0.2, 0.25) is 5.76 Å². The first-order valence-electron chi connectivity index (χ1n) is 8.41. The molecule has 2 aromatic carbocycles. The van der Waals surface area contributed by atoms with E-state index in [4.69, 9.17) is 4.52 Å². The topological polar surface area (TPSA) is 46.3 Å². The summed E-state index contributed by atoms with van der Waals surface area (Å²) in [4.78, 5) is 14.5. The summed E-state index contributed by atoms with van der Waals surface area (Å²) in [6, 6.07) is 13.5. The quantitative estimate of drug-likeness (QED) is 0.691. The predicted octanol–water partition coefficient (Wildman–Crippen LogP) is 4.60. The predicted molar refractivity (Wildman–Crippen MR) is 91.3 cm³/mol. The highest BCUT2D eigenvalue weighted by molar-refractivity contribution is 5.93. The van der Waals surface area contributed by atoms with Gasteiger partial charge in [0, 0.05) is 23.7 Å². The lowest BCUT2D eigenvalue weighted by Gasteiger charge is -2.24. The third-order valence-electron chi connectivity index (χ3n) is 4.64. The minimum absolute atomic E-state index is 0.0903. The molecule has 4 rings (SSSR count). The lowest BCUT2D eigenvalue weighted by molar-refractivity contribution is 0.0691. The number of hydrogen-bond donors (Lipinski definition) is 0. The van der Waals surface area contributed by atoms with E-state index in [2.05, 4.69) is 5.16 Å². The summed E-state index contributed by atoms with van der Waals surface area (Å²) >= 11 is 0. The van der Waals surface area contributed by atoms with Crippen molar-refractivity contribution in [3.8, 4) is 11.3 Å². The second-order valence-corrected chi connectivity index (χ2v) is 6.26. The number of likely N-dealkylation sites (tertiary alicyclic amines) is 1. The van der Waals surface area contributed by atoms with Gasteiger partial charge >= 0.3 is 0 Å². The normalized spacial score (nSPS) is 16.8. The number of benzene rings is 2. The third kappa shape index (κ3) is 2.98. The van der Waals surface area contributed by atoms with Crippen molar-refractivity contribution in [1.29, 1.82) is 0 Å². The van der Waals surface area contributed by atoms with Crippen LogP contribution >= 0.6 is 0 Å². The number of carbonyl (C=O) groups excluding carboxylic acids is 1. The molecule has 0 bridgehead atoms. The number of nitrogens with zero attached hydrogens (tertiary/aromatic N) is 2. The largest absolute Gasteiger partial charge is 0.350 e. The Bertz CT molecular complexity index is 937. The van der Waals surface area contributed by atoms with Crippen LogP contribution in [0.25, 0.3) is 11.3 Å². The molecule has 0 spiro atoms. The van der Waals surface area contributed by atoms with Crippen molar-refractivity contribution in [2.24, 2.45) is 0 Å². The van der Waals surface area contributed by atoms with E-state index in [-0.39, 0.29) is 29.3 Å². The average molecular weight is 354 g/mol. The molecule has 1 fully saturated rings. The molecule has 0 aliphatic carbocycles. The van der Waals surface area contributed by atoms with Crippen LogP contribution in [0.2, 0.25) is 0 Å². The molecular formula is C20H16F2N2O2. The highest BCUT2D eigenvalue weighted by Crippen LogP contribution is 2.34. The highest BCUT2D eigenvalue weighted by Gasteiger charge is 2.33. The number of rotatable bonds is 3. The molecule has 1 saturated heterocycles. The summed E-state index contributed by atoms with van der Waals surface area (Å²) in [7, 11) is 0. The molecule has 1 atom stereocenters. The van der Waals surface area contributed by atoms with Gasteiger partial charge in [-0.2, -0.15) is 0 Å². The summed E-state index contributed by atoms with van der Waals surface area (Å²) in [6.45, 7) is 0.532. The SMILES string of the molecule is O=C(c1cc(-c2ccc(F)cc2)no1)N1CCCC1c1ccccc1F. The van der Waals surface area contributed by atoms with E-state index in [1.54, 1.807) is 35.2 Å². The zero-order chi connectivity index (χ0) is 18.1. The summed E-state index contributed by atoms with van der Waals surface area (Å²) in [6.07, 6.45) is 1.50. The molecule has 0 N–H and O–H groups in total. The van der Waals surface area contributed by atoms with E-state index in [0.717, 1.165) is 6.42 Å². The van der Waals surface area contributed by atoms with E-state index in [1.165, 1.54) is 24.3 Å². The zero-order valence-corrected chi connectivity index (χ0v) is 13.9. The number of aromatic nitrogens is 1. The summed E-state index contributed by atoms with van der Waals surface area (Å²) in [5, 5.41) is 3.90. The molecular weight excluding hydrogens is 338 g/mol. The van der Waals surface area contributed by atoms with Gasteiger partial charge in [0.1, 0.15) is 17.3 Å². The van der Waals surface area contributed by atoms with Gasteiger partial charge in [0.05, 0.1) is 6.04 Å². The van der Waals surface area contributed by atoms with Crippen molar-refractivity contribution in [3.63, 3.8) is 0 Å². The standard InChI is InChI=1S/C20H16F2N2O2/c21-14-9-7-13(8-10-14)17-12-19(26-23-17)20(25)24-11-3-6-18(24)15-4-1-2-5-16(15)22/h1-2,4-5,7-10,12,18H,3,6,11H2. The molecule has 1 aliphatic rings. The molecule has 1 amide bonds. The monoisotopic (exact) mass is 354 g/mol. The fourth-order valence-corrected chi connectivity index (χ4v) is 3.35. The highest BCUT2D eigenvalue weighted by atomic mass is 19.1. The fraction of sp³-hybridized carbons (Fsp3) is 0.200. The van der Waals surface area contributed by atoms with Crippen LogP contribution in [0.4, 0.5) is 8.78 Å². The minimum Gasteiger partial charge on any atom is -0.350 e. The molecule has 1 unspecified atom stereocenters. The molecule has 26 heavy (non-hydrogen) atoms. The summed E-state index contributed by atoms with van der Waals surface area (Å²) < 4.78 is 32.4. The van der Waals surface area contributed by atoms with Crippen molar-refractivity contribution >= 4 is 5.91 Å². The molecule has 3 aromatic rings. The van der Waals surface area contributed by atoms with Crippen LogP contribution < -0.4 is 0 Å². The van der Waals surface area contributed by atoms with Crippen molar-refractivity contribution in [3.05, 3.63) is 77.6 Å². The first kappa shape index (κ1) is 16.4. The molecule has 1 aliphatic heterocycles. The van der Waals surface area contributed by atoms with Crippen molar-refractivity contribution in [2.75, 3.05) is 6.54 Å². The van der Waals surface area contributed by atoms with Gasteiger partial charge in [-0.15, -0.1) is 0 Å². The Balaban J connectivity index is 1.59. The van der Waals surface area contributed by atoms with Crippen LogP contribution in [0.1, 0.15) is 35.0 Å². The number of hydrogen-bond acceptors (Lipinski definition) is 3. The van der Waals surface area contributed by atoms with Gasteiger partial charge in [-0.05, 0) is 43.2 Å². The summed E-state index contributed by atoms with van der Waals surface area (Å²) in [5.41, 5.74) is 1.62. The Morgan fingerprint density at radius 1 is 1.12 bits per heavy atom. The minimum atomic E-state index is -0.349. The molecule has 2 heterocycles. The zero-order valence-electron chi connectivity index (χ0n) is 13.9. The van der Waals surface area contributed by atoms with Gasteiger partial charge in [0.15, 0.2) is 0 Å². The van der Waals surface area contributed by atoms with Crippen molar-refractivity contribution < 1.29 is 18.1 Å². The van der Waals surface area contributed by atoms with Crippen LogP contribution in [0.3, 0.4) is 0 Å². The number of amides is 1. The molecule has 6 heteroatoms. The maximum Gasteiger partial charge on any atom is 0.292 e. The Labute approximate surface area is 149 Å². The van der Waals surface area contributed by atoms with Gasteiger partial charge in [-0.25, -0.2) is 8.78 Å². The maximum absolute atomic E-state index is 14.1. The van der Waals surface area contributed by atoms with Crippen LogP contribution in [-0.2, 0) is 0 Å². The maximum atomic E-state index is 14.1. The van der Waals surface area contributed by atoms with Gasteiger partial charge in [-0.3, -0.25) is 4.79 Å². The van der Waals surface area contributed by atoms with E-state index in [9.17, 15) is 13.6 Å². The van der Waals surface area contributed by atoms with Gasteiger partial charge in [0.25, 0.3) is 5.91 Å². The Hall–Kier alpha value is -3.02. The van der Waals surface area contributed by atoms with Gasteiger partial charge in [-0.1, -0.05) is 23.4 Å². The van der Waals surface area contributed by atoms with Crippen LogP contribution in [0.15, 0.2) is 59.1 Å². The van der Waals surface area contributed by atoms with E-state index < -0.39 is 0 Å². The van der Waals surface area contributed by atoms with Crippen molar-refractivity contribution in [2.45, 2.75) is 18.9 Å². The second kappa shape index (κ2) is 6.71. The molecule has 0 radical (unpaired) electrons. The van der Waals surface area contributed by atoms with E-state index >= 15 is 0 Å². The van der Waals surface area contributed by atoms with E-state index in [0.29, 0.717) is 29.8 Å². The first-order valence-corrected chi connectivity index (χ1v) is 8.41. The van der Waals surface area contributed by atoms with Gasteiger partial charge < -0.3 is 9.42 Å². The molecule has 4 nitrogen and oxygen atoms in total. The Kier molecular flexibility index (Phi) is 4.24. The fourth-order valence-electron chi connectivity index (χ4n) is 3.35. The number of halogens is 2. The van der Waals surface area contributed by atoms with Crippen LogP contribution in [0, 0.1) is 11.6 Å². The van der Waals surface area contributed by atoms with Crippen molar-refractivity contribution in [1.82, 2.24) is 10.1 Å². The van der Waals surface area contributed by atoms with Crippen LogP contribution in [-0.4, -0.2) is 22.5 Å².